The molecule has 2 heterocycles. The van der Waals surface area contributed by atoms with Gasteiger partial charge in [-0.25, -0.2) is 13.4 Å². The van der Waals surface area contributed by atoms with Crippen molar-refractivity contribution < 1.29 is 8.42 Å². The molecular weight excluding hydrogens is 354 g/mol. The maximum atomic E-state index is 13.1. The number of nitrogens with zero attached hydrogens (tertiary/aromatic N) is 2. The zero-order valence-corrected chi connectivity index (χ0v) is 15.1. The molecule has 0 aliphatic rings. The highest BCUT2D eigenvalue weighted by atomic mass is 32.2. The number of benzene rings is 1. The second-order valence-electron chi connectivity index (χ2n) is 5.27. The molecule has 0 spiro atoms. The highest BCUT2D eigenvalue weighted by Gasteiger charge is 2.26. The lowest BCUT2D eigenvalue weighted by Gasteiger charge is -2.07. The van der Waals surface area contributed by atoms with Crippen LogP contribution in [-0.4, -0.2) is 20.4 Å². The van der Waals surface area contributed by atoms with E-state index in [9.17, 15) is 13.7 Å². The fourth-order valence-corrected chi connectivity index (χ4v) is 5.64. The lowest BCUT2D eigenvalue weighted by atomic mass is 10.1. The number of hydrogen-bond donors (Lipinski definition) is 1. The van der Waals surface area contributed by atoms with Gasteiger partial charge < -0.3 is 5.32 Å². The smallest absolute Gasteiger partial charge is 0.216 e. The number of nitrogens with one attached hydrogen (secondary N) is 1. The molecule has 1 aromatic carbocycles. The second-order valence-corrected chi connectivity index (χ2v) is 8.55. The average molecular weight is 369 g/mol. The standard InChI is InChI=1S/C18H15N3O2S2/c1-20-12-13-10-16(15-8-5-9-21-17(15)11-19)18(24-13)25(22,23)14-6-3-2-4-7-14/h2-10,20H,12H2,1H3. The van der Waals surface area contributed by atoms with Crippen molar-refractivity contribution in [3.8, 4) is 17.2 Å². The summed E-state index contributed by atoms with van der Waals surface area (Å²) in [5.74, 6) is 0. The Morgan fingerprint density at radius 3 is 2.60 bits per heavy atom. The van der Waals surface area contributed by atoms with Crippen molar-refractivity contribution in [2.45, 2.75) is 15.6 Å². The summed E-state index contributed by atoms with van der Waals surface area (Å²) < 4.78 is 26.5. The summed E-state index contributed by atoms with van der Waals surface area (Å²) in [6.07, 6.45) is 1.52. The first-order valence-corrected chi connectivity index (χ1v) is 9.81. The van der Waals surface area contributed by atoms with Gasteiger partial charge in [0.05, 0.1) is 4.90 Å². The third-order valence-corrected chi connectivity index (χ3v) is 7.04. The Morgan fingerprint density at radius 2 is 1.92 bits per heavy atom. The summed E-state index contributed by atoms with van der Waals surface area (Å²) in [5.41, 5.74) is 1.25. The van der Waals surface area contributed by atoms with Crippen LogP contribution in [0.15, 0.2) is 63.8 Å². The van der Waals surface area contributed by atoms with Crippen molar-refractivity contribution in [2.24, 2.45) is 0 Å². The molecule has 0 unspecified atom stereocenters. The normalized spacial score (nSPS) is 11.2. The van der Waals surface area contributed by atoms with E-state index in [0.717, 1.165) is 4.88 Å². The third-order valence-electron chi connectivity index (χ3n) is 3.60. The number of thiophene rings is 1. The van der Waals surface area contributed by atoms with Crippen LogP contribution in [0.3, 0.4) is 0 Å². The van der Waals surface area contributed by atoms with Gasteiger partial charge in [-0.15, -0.1) is 11.3 Å². The molecule has 0 saturated carbocycles. The molecule has 0 aliphatic heterocycles. The average Bonchev–Trinajstić information content (AvgIpc) is 3.07. The molecule has 3 rings (SSSR count). The fourth-order valence-electron chi connectivity index (χ4n) is 2.49. The minimum atomic E-state index is -3.69. The zero-order chi connectivity index (χ0) is 17.9. The van der Waals surface area contributed by atoms with Crippen molar-refractivity contribution in [2.75, 3.05) is 7.05 Å². The number of hydrogen-bond acceptors (Lipinski definition) is 6. The quantitative estimate of drug-likeness (QED) is 0.746. The van der Waals surface area contributed by atoms with Gasteiger partial charge >= 0.3 is 0 Å². The van der Waals surface area contributed by atoms with Crippen molar-refractivity contribution in [1.29, 1.82) is 5.26 Å². The molecule has 0 aliphatic carbocycles. The minimum Gasteiger partial charge on any atom is -0.315 e. The van der Waals surface area contributed by atoms with Crippen molar-refractivity contribution >= 4 is 21.2 Å². The van der Waals surface area contributed by atoms with Gasteiger partial charge in [-0.05, 0) is 37.4 Å². The fraction of sp³-hybridized carbons (Fsp3) is 0.111. The zero-order valence-electron chi connectivity index (χ0n) is 13.4. The van der Waals surface area contributed by atoms with Gasteiger partial charge in [0.2, 0.25) is 9.84 Å². The Balaban J connectivity index is 2.25. The van der Waals surface area contributed by atoms with Crippen LogP contribution >= 0.6 is 11.3 Å². The van der Waals surface area contributed by atoms with Crippen LogP contribution in [0.4, 0.5) is 0 Å². The SMILES string of the molecule is CNCc1cc(-c2cccnc2C#N)c(S(=O)(=O)c2ccccc2)s1. The molecule has 0 fully saturated rings. The van der Waals surface area contributed by atoms with E-state index in [0.29, 0.717) is 17.7 Å². The largest absolute Gasteiger partial charge is 0.315 e. The molecule has 5 nitrogen and oxygen atoms in total. The number of sulfone groups is 1. The van der Waals surface area contributed by atoms with Crippen molar-refractivity contribution in [1.82, 2.24) is 10.3 Å². The van der Waals surface area contributed by atoms with Crippen molar-refractivity contribution in [3.05, 3.63) is 65.3 Å². The van der Waals surface area contributed by atoms with E-state index >= 15 is 0 Å². The molecular formula is C18H15N3O2S2. The number of pyridine rings is 1. The molecule has 25 heavy (non-hydrogen) atoms. The molecule has 0 atom stereocenters. The highest BCUT2D eigenvalue weighted by molar-refractivity contribution is 7.93. The molecule has 126 valence electrons. The Hall–Kier alpha value is -2.53. The van der Waals surface area contributed by atoms with Gasteiger partial charge in [0, 0.05) is 28.7 Å². The first-order valence-electron chi connectivity index (χ1n) is 7.51. The lowest BCUT2D eigenvalue weighted by molar-refractivity contribution is 0.598. The molecule has 0 amide bonds. The molecule has 0 saturated heterocycles. The van der Waals surface area contributed by atoms with E-state index in [-0.39, 0.29) is 14.8 Å². The van der Waals surface area contributed by atoms with E-state index in [4.69, 9.17) is 0 Å². The van der Waals surface area contributed by atoms with Crippen LogP contribution in [0.25, 0.3) is 11.1 Å². The second kappa shape index (κ2) is 7.15. The topological polar surface area (TPSA) is 82.8 Å². The van der Waals surface area contributed by atoms with E-state index in [1.54, 1.807) is 49.5 Å². The molecule has 0 radical (unpaired) electrons. The number of aromatic nitrogens is 1. The predicted molar refractivity (Wildman–Crippen MR) is 96.9 cm³/mol. The van der Waals surface area contributed by atoms with Crippen LogP contribution < -0.4 is 5.32 Å². The molecule has 0 bridgehead atoms. The van der Waals surface area contributed by atoms with Gasteiger partial charge in [-0.2, -0.15) is 5.26 Å². The van der Waals surface area contributed by atoms with Gasteiger partial charge in [-0.1, -0.05) is 18.2 Å². The van der Waals surface area contributed by atoms with Crippen LogP contribution in [0, 0.1) is 11.3 Å². The van der Waals surface area contributed by atoms with Gasteiger partial charge in [0.25, 0.3) is 0 Å². The Bertz CT molecular complexity index is 1040. The summed E-state index contributed by atoms with van der Waals surface area (Å²) in [4.78, 5) is 5.17. The summed E-state index contributed by atoms with van der Waals surface area (Å²) in [6.45, 7) is 0.546. The van der Waals surface area contributed by atoms with Crippen LogP contribution in [0.1, 0.15) is 10.6 Å². The lowest BCUT2D eigenvalue weighted by Crippen LogP contribution is -2.02. The molecule has 7 heteroatoms. The van der Waals surface area contributed by atoms with Gasteiger partial charge in [0.15, 0.2) is 0 Å². The molecule has 2 aromatic heterocycles. The molecule has 1 N–H and O–H groups in total. The van der Waals surface area contributed by atoms with Crippen LogP contribution in [0.2, 0.25) is 0 Å². The maximum absolute atomic E-state index is 13.1. The van der Waals surface area contributed by atoms with Crippen LogP contribution in [0.5, 0.6) is 0 Å². The van der Waals surface area contributed by atoms with E-state index in [1.807, 2.05) is 12.1 Å². The molecule has 3 aromatic rings. The Labute approximate surface area is 150 Å². The van der Waals surface area contributed by atoms with E-state index in [2.05, 4.69) is 10.3 Å². The summed E-state index contributed by atoms with van der Waals surface area (Å²) >= 11 is 1.21. The Morgan fingerprint density at radius 1 is 1.16 bits per heavy atom. The van der Waals surface area contributed by atoms with E-state index in [1.165, 1.54) is 17.5 Å². The summed E-state index contributed by atoms with van der Waals surface area (Å²) in [5, 5.41) is 12.4. The highest BCUT2D eigenvalue weighted by Crippen LogP contribution is 2.39. The minimum absolute atomic E-state index is 0.209. The number of rotatable bonds is 5. The number of nitriles is 1. The van der Waals surface area contributed by atoms with Gasteiger partial charge in [-0.3, -0.25) is 0 Å². The van der Waals surface area contributed by atoms with Gasteiger partial charge in [0.1, 0.15) is 16.0 Å². The summed E-state index contributed by atoms with van der Waals surface area (Å²) in [6, 6.07) is 15.6. The summed E-state index contributed by atoms with van der Waals surface area (Å²) in [7, 11) is -1.89. The van der Waals surface area contributed by atoms with Crippen LogP contribution in [-0.2, 0) is 16.4 Å². The van der Waals surface area contributed by atoms with E-state index < -0.39 is 9.84 Å². The first kappa shape index (κ1) is 17.3. The third kappa shape index (κ3) is 3.33. The maximum Gasteiger partial charge on any atom is 0.216 e. The predicted octanol–water partition coefficient (Wildman–Crippen LogP) is 3.23. The first-order chi connectivity index (χ1) is 12.1. The Kier molecular flexibility index (Phi) is 4.95. The van der Waals surface area contributed by atoms with Crippen molar-refractivity contribution in [3.63, 3.8) is 0 Å². The monoisotopic (exact) mass is 369 g/mol.